The molecular weight excluding hydrogens is 273 g/mol. The molecule has 3 rings (SSSR count). The Morgan fingerprint density at radius 1 is 1.25 bits per heavy atom. The summed E-state index contributed by atoms with van der Waals surface area (Å²) in [6.07, 6.45) is 1.76. The summed E-state index contributed by atoms with van der Waals surface area (Å²) in [5.41, 5.74) is 1.15. The summed E-state index contributed by atoms with van der Waals surface area (Å²) in [7, 11) is -0.393. The topological polar surface area (TPSA) is 51.6 Å². The van der Waals surface area contributed by atoms with E-state index in [-0.39, 0.29) is 17.8 Å². The van der Waals surface area contributed by atoms with Crippen LogP contribution in [0.5, 0.6) is 0 Å². The Morgan fingerprint density at radius 3 is 2.50 bits per heavy atom. The molecule has 4 nitrogen and oxygen atoms in total. The first-order valence-electron chi connectivity index (χ1n) is 6.68. The number of fused-ring (bicyclic) bond motifs is 1. The maximum Gasteiger partial charge on any atom is 0.496 e. The summed E-state index contributed by atoms with van der Waals surface area (Å²) in [4.78, 5) is 5.24. The highest BCUT2D eigenvalue weighted by Gasteiger charge is 2.52. The number of hydrogen-bond donors (Lipinski definition) is 1. The van der Waals surface area contributed by atoms with Gasteiger partial charge in [0.25, 0.3) is 0 Å². The number of aliphatic hydroxyl groups excluding tert-OH is 1. The van der Waals surface area contributed by atoms with Crippen LogP contribution in [-0.2, 0) is 15.9 Å². The SMILES string of the molecule is CC1(C)OB(c2ccnc3cc(CO)sc23)OC1(C)C. The summed E-state index contributed by atoms with van der Waals surface area (Å²) < 4.78 is 13.2. The van der Waals surface area contributed by atoms with E-state index >= 15 is 0 Å². The fourth-order valence-electron chi connectivity index (χ4n) is 2.24. The van der Waals surface area contributed by atoms with E-state index in [2.05, 4.69) is 4.98 Å². The van der Waals surface area contributed by atoms with E-state index < -0.39 is 7.12 Å². The number of rotatable bonds is 2. The number of pyridine rings is 1. The molecule has 0 amide bonds. The van der Waals surface area contributed by atoms with Crippen LogP contribution < -0.4 is 5.46 Å². The molecule has 2 aromatic rings. The first-order chi connectivity index (χ1) is 9.34. The molecule has 0 aliphatic carbocycles. The van der Waals surface area contributed by atoms with Gasteiger partial charge >= 0.3 is 7.12 Å². The maximum absolute atomic E-state index is 9.28. The van der Waals surface area contributed by atoms with E-state index in [1.807, 2.05) is 39.8 Å². The Balaban J connectivity index is 2.05. The standard InChI is InChI=1S/C14H18BNO3S/c1-13(2)14(3,4)19-15(18-13)10-5-6-16-11-7-9(8-17)20-12(10)11/h5-7,17H,8H2,1-4H3. The minimum Gasteiger partial charge on any atom is -0.399 e. The first kappa shape index (κ1) is 14.0. The lowest BCUT2D eigenvalue weighted by molar-refractivity contribution is 0.00578. The van der Waals surface area contributed by atoms with Crippen molar-refractivity contribution in [2.75, 3.05) is 0 Å². The van der Waals surface area contributed by atoms with Gasteiger partial charge in [-0.25, -0.2) is 0 Å². The lowest BCUT2D eigenvalue weighted by Gasteiger charge is -2.32. The third kappa shape index (κ3) is 2.07. The summed E-state index contributed by atoms with van der Waals surface area (Å²) in [5, 5.41) is 9.28. The van der Waals surface area contributed by atoms with E-state index in [9.17, 15) is 5.11 Å². The Morgan fingerprint density at radius 2 is 1.90 bits per heavy atom. The van der Waals surface area contributed by atoms with Crippen LogP contribution in [0.4, 0.5) is 0 Å². The Bertz CT molecular complexity index is 637. The maximum atomic E-state index is 9.28. The van der Waals surface area contributed by atoms with E-state index in [1.165, 1.54) is 11.3 Å². The molecule has 0 unspecified atom stereocenters. The summed E-state index contributed by atoms with van der Waals surface area (Å²) >= 11 is 1.54. The van der Waals surface area contributed by atoms with Gasteiger partial charge in [-0.3, -0.25) is 4.98 Å². The second-order valence-corrected chi connectivity index (χ2v) is 7.21. The first-order valence-corrected chi connectivity index (χ1v) is 7.49. The van der Waals surface area contributed by atoms with Crippen molar-refractivity contribution < 1.29 is 14.4 Å². The molecule has 3 heterocycles. The molecule has 0 spiro atoms. The molecule has 1 aliphatic rings. The molecule has 106 valence electrons. The van der Waals surface area contributed by atoms with Crippen LogP contribution in [0.1, 0.15) is 32.6 Å². The second-order valence-electron chi connectivity index (χ2n) is 6.07. The van der Waals surface area contributed by atoms with Crippen LogP contribution in [0.2, 0.25) is 0 Å². The number of hydrogen-bond acceptors (Lipinski definition) is 5. The Labute approximate surface area is 122 Å². The monoisotopic (exact) mass is 291 g/mol. The molecule has 6 heteroatoms. The second kappa shape index (κ2) is 4.53. The van der Waals surface area contributed by atoms with Crippen molar-refractivity contribution in [3.05, 3.63) is 23.2 Å². The molecule has 0 atom stereocenters. The normalized spacial score (nSPS) is 20.8. The lowest BCUT2D eigenvalue weighted by atomic mass is 9.79. The van der Waals surface area contributed by atoms with E-state index in [0.29, 0.717) is 0 Å². The van der Waals surface area contributed by atoms with Gasteiger partial charge in [-0.05, 0) is 39.8 Å². The lowest BCUT2D eigenvalue weighted by Crippen LogP contribution is -2.41. The molecule has 0 bridgehead atoms. The molecule has 1 fully saturated rings. The van der Waals surface area contributed by atoms with Crippen molar-refractivity contribution in [2.45, 2.75) is 45.5 Å². The van der Waals surface area contributed by atoms with Gasteiger partial charge in [0, 0.05) is 16.5 Å². The molecule has 0 saturated carbocycles. The highest BCUT2D eigenvalue weighted by molar-refractivity contribution is 7.20. The van der Waals surface area contributed by atoms with Crippen molar-refractivity contribution in [1.82, 2.24) is 4.98 Å². The van der Waals surface area contributed by atoms with Gasteiger partial charge in [0.15, 0.2) is 0 Å². The highest BCUT2D eigenvalue weighted by atomic mass is 32.1. The molecular formula is C14H18BNO3S. The molecule has 2 aromatic heterocycles. The Kier molecular flexibility index (Phi) is 3.17. The minimum atomic E-state index is -0.393. The molecule has 1 aliphatic heterocycles. The van der Waals surface area contributed by atoms with Crippen LogP contribution in [-0.4, -0.2) is 28.4 Å². The zero-order valence-corrected chi connectivity index (χ0v) is 13.0. The molecule has 0 radical (unpaired) electrons. The summed E-state index contributed by atoms with van der Waals surface area (Å²) in [6, 6.07) is 3.84. The van der Waals surface area contributed by atoms with E-state index in [1.54, 1.807) is 6.20 Å². The van der Waals surface area contributed by atoms with Crippen molar-refractivity contribution in [3.8, 4) is 0 Å². The largest absolute Gasteiger partial charge is 0.496 e. The third-order valence-corrected chi connectivity index (χ3v) is 5.31. The zero-order chi connectivity index (χ0) is 14.5. The van der Waals surface area contributed by atoms with Gasteiger partial charge in [-0.1, -0.05) is 0 Å². The van der Waals surface area contributed by atoms with Gasteiger partial charge in [-0.2, -0.15) is 0 Å². The van der Waals surface area contributed by atoms with Crippen LogP contribution in [0.15, 0.2) is 18.3 Å². The van der Waals surface area contributed by atoms with Crippen molar-refractivity contribution in [2.24, 2.45) is 0 Å². The van der Waals surface area contributed by atoms with Crippen LogP contribution in [0.3, 0.4) is 0 Å². The number of nitrogens with zero attached hydrogens (tertiary/aromatic N) is 1. The molecule has 1 N–H and O–H groups in total. The molecule has 1 saturated heterocycles. The Hall–Kier alpha value is -0.945. The van der Waals surface area contributed by atoms with Crippen LogP contribution >= 0.6 is 11.3 Å². The van der Waals surface area contributed by atoms with E-state index in [0.717, 1.165) is 20.6 Å². The molecule has 0 aromatic carbocycles. The van der Waals surface area contributed by atoms with Crippen molar-refractivity contribution in [3.63, 3.8) is 0 Å². The van der Waals surface area contributed by atoms with Crippen LogP contribution in [0, 0.1) is 0 Å². The third-order valence-electron chi connectivity index (χ3n) is 4.16. The average molecular weight is 291 g/mol. The van der Waals surface area contributed by atoms with Crippen molar-refractivity contribution in [1.29, 1.82) is 0 Å². The number of thiophene rings is 1. The van der Waals surface area contributed by atoms with Gasteiger partial charge in [-0.15, -0.1) is 11.3 Å². The van der Waals surface area contributed by atoms with Gasteiger partial charge in [0.05, 0.1) is 28.0 Å². The van der Waals surface area contributed by atoms with Gasteiger partial charge in [0.2, 0.25) is 0 Å². The minimum absolute atomic E-state index is 0.0316. The van der Waals surface area contributed by atoms with Gasteiger partial charge < -0.3 is 14.4 Å². The highest BCUT2D eigenvalue weighted by Crippen LogP contribution is 2.37. The smallest absolute Gasteiger partial charge is 0.399 e. The zero-order valence-electron chi connectivity index (χ0n) is 12.1. The predicted molar refractivity (Wildman–Crippen MR) is 81.3 cm³/mol. The number of aromatic nitrogens is 1. The quantitative estimate of drug-likeness (QED) is 0.861. The fraction of sp³-hybridized carbons (Fsp3) is 0.500. The predicted octanol–water partition coefficient (Wildman–Crippen LogP) is 2.09. The average Bonchev–Trinajstić information content (AvgIpc) is 2.87. The van der Waals surface area contributed by atoms with Gasteiger partial charge in [0.1, 0.15) is 0 Å². The summed E-state index contributed by atoms with van der Waals surface area (Å²) in [5.74, 6) is 0. The fourth-order valence-corrected chi connectivity index (χ4v) is 3.24. The summed E-state index contributed by atoms with van der Waals surface area (Å²) in [6.45, 7) is 8.19. The number of aliphatic hydroxyl groups is 1. The molecule has 20 heavy (non-hydrogen) atoms. The van der Waals surface area contributed by atoms with Crippen molar-refractivity contribution >= 4 is 34.1 Å². The van der Waals surface area contributed by atoms with E-state index in [4.69, 9.17) is 9.31 Å². The van der Waals surface area contributed by atoms with Crippen LogP contribution in [0.25, 0.3) is 10.2 Å².